The number of carbonyl (C=O) groups excluding carboxylic acids is 1. The van der Waals surface area contributed by atoms with Crippen molar-refractivity contribution in [1.29, 1.82) is 0 Å². The standard InChI is InChI=1S/C16H33N3O/c1-5-11-18-16(4,15(17)20)10-7-12-19-13(2)8-6-9-14(19)3/h13-14,18H,5-12H2,1-4H3,(H2,17,20). The molecule has 0 radical (unpaired) electrons. The minimum absolute atomic E-state index is 0.231. The molecular weight excluding hydrogens is 250 g/mol. The van der Waals surface area contributed by atoms with Crippen molar-refractivity contribution >= 4 is 5.91 Å². The van der Waals surface area contributed by atoms with E-state index in [9.17, 15) is 4.79 Å². The highest BCUT2D eigenvalue weighted by molar-refractivity contribution is 5.84. The number of likely N-dealkylation sites (tertiary alicyclic amines) is 1. The van der Waals surface area contributed by atoms with Gasteiger partial charge in [-0.3, -0.25) is 9.69 Å². The van der Waals surface area contributed by atoms with E-state index >= 15 is 0 Å². The van der Waals surface area contributed by atoms with Crippen LogP contribution in [0.2, 0.25) is 0 Å². The molecular formula is C16H33N3O. The first kappa shape index (κ1) is 17.4. The van der Waals surface area contributed by atoms with E-state index in [-0.39, 0.29) is 5.91 Å². The third-order valence-electron chi connectivity index (χ3n) is 4.78. The summed E-state index contributed by atoms with van der Waals surface area (Å²) in [7, 11) is 0. The van der Waals surface area contributed by atoms with Gasteiger partial charge in [-0.1, -0.05) is 13.3 Å². The van der Waals surface area contributed by atoms with E-state index in [0.717, 1.165) is 32.4 Å². The van der Waals surface area contributed by atoms with Gasteiger partial charge in [0.25, 0.3) is 0 Å². The van der Waals surface area contributed by atoms with Crippen LogP contribution in [0.25, 0.3) is 0 Å². The number of carbonyl (C=O) groups is 1. The number of hydrogen-bond donors (Lipinski definition) is 2. The molecule has 1 heterocycles. The Kier molecular flexibility index (Phi) is 6.96. The van der Waals surface area contributed by atoms with E-state index in [2.05, 4.69) is 31.0 Å². The summed E-state index contributed by atoms with van der Waals surface area (Å²) in [4.78, 5) is 14.3. The Morgan fingerprint density at radius 2 is 1.95 bits per heavy atom. The van der Waals surface area contributed by atoms with Crippen molar-refractivity contribution in [3.8, 4) is 0 Å². The molecule has 1 aliphatic heterocycles. The number of nitrogens with zero attached hydrogens (tertiary/aromatic N) is 1. The van der Waals surface area contributed by atoms with Gasteiger partial charge >= 0.3 is 0 Å². The van der Waals surface area contributed by atoms with Gasteiger partial charge in [0, 0.05) is 12.1 Å². The Labute approximate surface area is 124 Å². The molecule has 0 aromatic heterocycles. The Hall–Kier alpha value is -0.610. The predicted molar refractivity (Wildman–Crippen MR) is 84.6 cm³/mol. The molecule has 3 unspecified atom stereocenters. The van der Waals surface area contributed by atoms with Gasteiger partial charge in [0.15, 0.2) is 0 Å². The molecule has 1 amide bonds. The minimum atomic E-state index is -0.557. The first-order valence-corrected chi connectivity index (χ1v) is 8.21. The number of hydrogen-bond acceptors (Lipinski definition) is 3. The van der Waals surface area contributed by atoms with Crippen molar-refractivity contribution in [2.45, 2.75) is 83.8 Å². The number of primary amides is 1. The van der Waals surface area contributed by atoms with Gasteiger partial charge in [-0.2, -0.15) is 0 Å². The molecule has 0 aromatic rings. The highest BCUT2D eigenvalue weighted by Gasteiger charge is 2.31. The van der Waals surface area contributed by atoms with E-state index in [1.54, 1.807) is 0 Å². The van der Waals surface area contributed by atoms with Crippen molar-refractivity contribution in [2.24, 2.45) is 5.73 Å². The van der Waals surface area contributed by atoms with Crippen molar-refractivity contribution in [3.63, 3.8) is 0 Å². The lowest BCUT2D eigenvalue weighted by atomic mass is 9.92. The van der Waals surface area contributed by atoms with Crippen molar-refractivity contribution in [2.75, 3.05) is 13.1 Å². The van der Waals surface area contributed by atoms with Gasteiger partial charge in [-0.05, 0) is 66.0 Å². The fraction of sp³-hybridized carbons (Fsp3) is 0.938. The highest BCUT2D eigenvalue weighted by Crippen LogP contribution is 2.23. The first-order chi connectivity index (χ1) is 9.40. The lowest BCUT2D eigenvalue weighted by Gasteiger charge is -2.39. The minimum Gasteiger partial charge on any atom is -0.368 e. The second kappa shape index (κ2) is 7.99. The van der Waals surface area contributed by atoms with Crippen LogP contribution in [-0.4, -0.2) is 41.5 Å². The quantitative estimate of drug-likeness (QED) is 0.718. The molecule has 1 saturated heterocycles. The van der Waals surface area contributed by atoms with Crippen LogP contribution in [-0.2, 0) is 4.79 Å². The van der Waals surface area contributed by atoms with Crippen LogP contribution in [0.1, 0.15) is 66.2 Å². The average molecular weight is 283 g/mol. The Morgan fingerprint density at radius 1 is 1.35 bits per heavy atom. The number of nitrogens with two attached hydrogens (primary N) is 1. The SMILES string of the molecule is CCCNC(C)(CCCN1C(C)CCCC1C)C(N)=O. The van der Waals surface area contributed by atoms with Crippen LogP contribution in [0.4, 0.5) is 0 Å². The zero-order chi connectivity index (χ0) is 15.2. The maximum atomic E-state index is 11.7. The molecule has 3 N–H and O–H groups in total. The van der Waals surface area contributed by atoms with Crippen LogP contribution in [0.5, 0.6) is 0 Å². The molecule has 4 heteroatoms. The molecule has 0 saturated carbocycles. The highest BCUT2D eigenvalue weighted by atomic mass is 16.1. The second-order valence-corrected chi connectivity index (χ2v) is 6.59. The monoisotopic (exact) mass is 283 g/mol. The summed E-state index contributed by atoms with van der Waals surface area (Å²) >= 11 is 0. The van der Waals surface area contributed by atoms with Crippen LogP contribution in [0, 0.1) is 0 Å². The van der Waals surface area contributed by atoms with Gasteiger partial charge < -0.3 is 11.1 Å². The topological polar surface area (TPSA) is 58.4 Å². The van der Waals surface area contributed by atoms with E-state index in [1.165, 1.54) is 19.3 Å². The Bertz CT molecular complexity index is 298. The molecule has 1 fully saturated rings. The zero-order valence-electron chi connectivity index (χ0n) is 13.7. The molecule has 1 aliphatic rings. The molecule has 4 nitrogen and oxygen atoms in total. The summed E-state index contributed by atoms with van der Waals surface area (Å²) in [6.07, 6.45) is 6.79. The van der Waals surface area contributed by atoms with Crippen LogP contribution in [0.15, 0.2) is 0 Å². The van der Waals surface area contributed by atoms with E-state index in [4.69, 9.17) is 5.73 Å². The van der Waals surface area contributed by atoms with Crippen molar-refractivity contribution < 1.29 is 4.79 Å². The fourth-order valence-electron chi connectivity index (χ4n) is 3.23. The van der Waals surface area contributed by atoms with Gasteiger partial charge in [0.05, 0.1) is 5.54 Å². The third-order valence-corrected chi connectivity index (χ3v) is 4.78. The molecule has 20 heavy (non-hydrogen) atoms. The summed E-state index contributed by atoms with van der Waals surface area (Å²) in [6.45, 7) is 10.6. The first-order valence-electron chi connectivity index (χ1n) is 8.21. The van der Waals surface area contributed by atoms with Crippen LogP contribution < -0.4 is 11.1 Å². The maximum Gasteiger partial charge on any atom is 0.237 e. The lowest BCUT2D eigenvalue weighted by Crippen LogP contribution is -2.54. The van der Waals surface area contributed by atoms with Crippen molar-refractivity contribution in [1.82, 2.24) is 10.2 Å². The molecule has 0 bridgehead atoms. The molecule has 0 spiro atoms. The third kappa shape index (κ3) is 4.74. The molecule has 0 aliphatic carbocycles. The maximum absolute atomic E-state index is 11.7. The van der Waals surface area contributed by atoms with Gasteiger partial charge in [-0.15, -0.1) is 0 Å². The number of amides is 1. The van der Waals surface area contributed by atoms with Gasteiger partial charge in [-0.25, -0.2) is 0 Å². The van der Waals surface area contributed by atoms with Crippen LogP contribution >= 0.6 is 0 Å². The summed E-state index contributed by atoms with van der Waals surface area (Å²) in [5.74, 6) is -0.231. The van der Waals surface area contributed by atoms with E-state index in [0.29, 0.717) is 12.1 Å². The summed E-state index contributed by atoms with van der Waals surface area (Å²) in [5, 5.41) is 3.31. The van der Waals surface area contributed by atoms with Crippen molar-refractivity contribution in [3.05, 3.63) is 0 Å². The molecule has 118 valence electrons. The number of nitrogens with one attached hydrogen (secondary N) is 1. The lowest BCUT2D eigenvalue weighted by molar-refractivity contribution is -0.124. The van der Waals surface area contributed by atoms with Crippen LogP contribution in [0.3, 0.4) is 0 Å². The number of piperidine rings is 1. The smallest absolute Gasteiger partial charge is 0.237 e. The number of rotatable bonds is 8. The van der Waals surface area contributed by atoms with E-state index < -0.39 is 5.54 Å². The molecule has 0 aromatic carbocycles. The summed E-state index contributed by atoms with van der Waals surface area (Å²) in [5.41, 5.74) is 5.01. The summed E-state index contributed by atoms with van der Waals surface area (Å²) in [6, 6.07) is 1.34. The van der Waals surface area contributed by atoms with E-state index in [1.807, 2.05) is 6.92 Å². The van der Waals surface area contributed by atoms with Gasteiger partial charge in [0.2, 0.25) is 5.91 Å². The average Bonchev–Trinajstić information content (AvgIpc) is 2.39. The van der Waals surface area contributed by atoms with Gasteiger partial charge in [0.1, 0.15) is 0 Å². The molecule has 3 atom stereocenters. The summed E-state index contributed by atoms with van der Waals surface area (Å²) < 4.78 is 0. The predicted octanol–water partition coefficient (Wildman–Crippen LogP) is 2.27. The Morgan fingerprint density at radius 3 is 2.45 bits per heavy atom. The molecule has 1 rings (SSSR count). The Balaban J connectivity index is 2.45. The normalized spacial score (nSPS) is 27.2. The zero-order valence-corrected chi connectivity index (χ0v) is 13.7. The fourth-order valence-corrected chi connectivity index (χ4v) is 3.23. The largest absolute Gasteiger partial charge is 0.368 e. The second-order valence-electron chi connectivity index (χ2n) is 6.59.